The van der Waals surface area contributed by atoms with Crippen LogP contribution in [0.3, 0.4) is 0 Å². The molecule has 0 aromatic carbocycles. The number of thiophene rings is 1. The van der Waals surface area contributed by atoms with Gasteiger partial charge in [0.1, 0.15) is 0 Å². The van der Waals surface area contributed by atoms with Crippen molar-refractivity contribution < 1.29 is 0 Å². The van der Waals surface area contributed by atoms with E-state index >= 15 is 0 Å². The number of rotatable bonds is 3. The highest BCUT2D eigenvalue weighted by Crippen LogP contribution is 2.18. The van der Waals surface area contributed by atoms with E-state index in [1.54, 1.807) is 0 Å². The van der Waals surface area contributed by atoms with E-state index in [9.17, 15) is 0 Å². The summed E-state index contributed by atoms with van der Waals surface area (Å²) >= 11 is 1.82. The zero-order valence-corrected chi connectivity index (χ0v) is 9.22. The van der Waals surface area contributed by atoms with E-state index in [-0.39, 0.29) is 0 Å². The molecule has 2 rings (SSSR count). The van der Waals surface area contributed by atoms with E-state index in [1.165, 1.54) is 30.6 Å². The Morgan fingerprint density at radius 3 is 2.79 bits per heavy atom. The summed E-state index contributed by atoms with van der Waals surface area (Å²) in [5, 5.41) is 5.73. The Labute approximate surface area is 89.5 Å². The van der Waals surface area contributed by atoms with Gasteiger partial charge in [0.15, 0.2) is 0 Å². The van der Waals surface area contributed by atoms with E-state index in [0.717, 1.165) is 6.54 Å². The molecule has 78 valence electrons. The number of nitrogens with two attached hydrogens (primary N) is 1. The fourth-order valence-electron chi connectivity index (χ4n) is 1.98. The highest BCUT2D eigenvalue weighted by Gasteiger charge is 2.17. The van der Waals surface area contributed by atoms with Gasteiger partial charge in [0.25, 0.3) is 0 Å². The van der Waals surface area contributed by atoms with Gasteiger partial charge in [-0.2, -0.15) is 0 Å². The van der Waals surface area contributed by atoms with Crippen LogP contribution < -0.4 is 11.1 Å². The molecule has 2 nitrogen and oxygen atoms in total. The molecular weight excluding hydrogens is 192 g/mol. The SMILES string of the molecule is NC1CCC(NCc2cccs2)CC1. The molecule has 3 heteroatoms. The van der Waals surface area contributed by atoms with Crippen molar-refractivity contribution in [2.24, 2.45) is 5.73 Å². The lowest BCUT2D eigenvalue weighted by atomic mass is 9.92. The molecule has 0 unspecified atom stereocenters. The fourth-order valence-corrected chi connectivity index (χ4v) is 2.64. The van der Waals surface area contributed by atoms with Gasteiger partial charge in [-0.25, -0.2) is 0 Å². The third-order valence-corrected chi connectivity index (χ3v) is 3.79. The lowest BCUT2D eigenvalue weighted by Gasteiger charge is -2.26. The maximum Gasteiger partial charge on any atom is 0.0302 e. The van der Waals surface area contributed by atoms with Crippen LogP contribution in [0.4, 0.5) is 0 Å². The topological polar surface area (TPSA) is 38.0 Å². The Kier molecular flexibility index (Phi) is 3.56. The van der Waals surface area contributed by atoms with Gasteiger partial charge in [-0.05, 0) is 37.1 Å². The summed E-state index contributed by atoms with van der Waals surface area (Å²) in [6, 6.07) is 5.44. The average molecular weight is 210 g/mol. The van der Waals surface area contributed by atoms with Gasteiger partial charge in [-0.15, -0.1) is 11.3 Å². The minimum atomic E-state index is 0.454. The van der Waals surface area contributed by atoms with E-state index < -0.39 is 0 Å². The second kappa shape index (κ2) is 4.91. The lowest BCUT2D eigenvalue weighted by Crippen LogP contribution is -2.36. The molecule has 0 aliphatic heterocycles. The summed E-state index contributed by atoms with van der Waals surface area (Å²) in [4.78, 5) is 1.43. The minimum absolute atomic E-state index is 0.454. The quantitative estimate of drug-likeness (QED) is 0.802. The van der Waals surface area contributed by atoms with Crippen molar-refractivity contribution in [1.82, 2.24) is 5.32 Å². The predicted molar refractivity (Wildman–Crippen MR) is 61.4 cm³/mol. The van der Waals surface area contributed by atoms with Crippen LogP contribution in [0.15, 0.2) is 17.5 Å². The molecule has 1 fully saturated rings. The zero-order chi connectivity index (χ0) is 9.80. The Balaban J connectivity index is 1.71. The summed E-state index contributed by atoms with van der Waals surface area (Å²) in [6.07, 6.45) is 4.85. The third-order valence-electron chi connectivity index (χ3n) is 2.92. The molecular formula is C11H18N2S. The minimum Gasteiger partial charge on any atom is -0.328 e. The Hall–Kier alpha value is -0.380. The average Bonchev–Trinajstić information content (AvgIpc) is 2.70. The molecule has 1 aliphatic carbocycles. The van der Waals surface area contributed by atoms with Crippen LogP contribution in [-0.2, 0) is 6.54 Å². The van der Waals surface area contributed by atoms with Crippen molar-refractivity contribution >= 4 is 11.3 Å². The maximum atomic E-state index is 5.86. The number of hydrogen-bond donors (Lipinski definition) is 2. The largest absolute Gasteiger partial charge is 0.328 e. The third kappa shape index (κ3) is 2.80. The van der Waals surface area contributed by atoms with Crippen LogP contribution in [0, 0.1) is 0 Å². The molecule has 3 N–H and O–H groups in total. The fraction of sp³-hybridized carbons (Fsp3) is 0.636. The summed E-state index contributed by atoms with van der Waals surface area (Å²) in [7, 11) is 0. The normalized spacial score (nSPS) is 27.8. The highest BCUT2D eigenvalue weighted by atomic mass is 32.1. The molecule has 0 amide bonds. The van der Waals surface area contributed by atoms with Gasteiger partial charge in [-0.3, -0.25) is 0 Å². The molecule has 0 bridgehead atoms. The van der Waals surface area contributed by atoms with Crippen molar-refractivity contribution in [3.8, 4) is 0 Å². The van der Waals surface area contributed by atoms with Crippen LogP contribution in [-0.4, -0.2) is 12.1 Å². The Morgan fingerprint density at radius 2 is 2.14 bits per heavy atom. The van der Waals surface area contributed by atoms with Crippen molar-refractivity contribution in [3.05, 3.63) is 22.4 Å². The molecule has 14 heavy (non-hydrogen) atoms. The van der Waals surface area contributed by atoms with E-state index in [2.05, 4.69) is 22.8 Å². The van der Waals surface area contributed by atoms with Crippen molar-refractivity contribution in [2.45, 2.75) is 44.3 Å². The maximum absolute atomic E-state index is 5.86. The van der Waals surface area contributed by atoms with Crippen molar-refractivity contribution in [3.63, 3.8) is 0 Å². The first kappa shape index (κ1) is 10.1. The summed E-state index contributed by atoms with van der Waals surface area (Å²) in [5.41, 5.74) is 5.86. The van der Waals surface area contributed by atoms with Crippen LogP contribution >= 0.6 is 11.3 Å². The van der Waals surface area contributed by atoms with Gasteiger partial charge in [0, 0.05) is 23.5 Å². The van der Waals surface area contributed by atoms with Gasteiger partial charge >= 0.3 is 0 Å². The Morgan fingerprint density at radius 1 is 1.36 bits per heavy atom. The standard InChI is InChI=1S/C11H18N2S/c12-9-3-5-10(6-4-9)13-8-11-2-1-7-14-11/h1-2,7,9-10,13H,3-6,8,12H2. The summed E-state index contributed by atoms with van der Waals surface area (Å²) in [5.74, 6) is 0. The van der Waals surface area contributed by atoms with Crippen LogP contribution in [0.2, 0.25) is 0 Å². The van der Waals surface area contributed by atoms with Gasteiger partial charge < -0.3 is 11.1 Å². The first-order valence-corrected chi connectivity index (χ1v) is 6.24. The van der Waals surface area contributed by atoms with E-state index in [4.69, 9.17) is 5.73 Å². The number of hydrogen-bond acceptors (Lipinski definition) is 3. The molecule has 1 heterocycles. The van der Waals surface area contributed by atoms with E-state index in [1.807, 2.05) is 11.3 Å². The molecule has 0 saturated heterocycles. The second-order valence-electron chi connectivity index (χ2n) is 4.07. The molecule has 0 radical (unpaired) electrons. The lowest BCUT2D eigenvalue weighted by molar-refractivity contribution is 0.342. The summed E-state index contributed by atoms with van der Waals surface area (Å²) in [6.45, 7) is 1.03. The van der Waals surface area contributed by atoms with Crippen LogP contribution in [0.25, 0.3) is 0 Å². The van der Waals surface area contributed by atoms with Crippen LogP contribution in [0.1, 0.15) is 30.6 Å². The van der Waals surface area contributed by atoms with Crippen LogP contribution in [0.5, 0.6) is 0 Å². The van der Waals surface area contributed by atoms with Crippen molar-refractivity contribution in [2.75, 3.05) is 0 Å². The van der Waals surface area contributed by atoms with Gasteiger partial charge in [0.05, 0.1) is 0 Å². The molecule has 1 aliphatic rings. The first-order chi connectivity index (χ1) is 6.84. The van der Waals surface area contributed by atoms with Gasteiger partial charge in [-0.1, -0.05) is 6.07 Å². The molecule has 1 saturated carbocycles. The monoisotopic (exact) mass is 210 g/mol. The van der Waals surface area contributed by atoms with Crippen molar-refractivity contribution in [1.29, 1.82) is 0 Å². The highest BCUT2D eigenvalue weighted by molar-refractivity contribution is 7.09. The number of nitrogens with one attached hydrogen (secondary N) is 1. The molecule has 0 spiro atoms. The zero-order valence-electron chi connectivity index (χ0n) is 8.41. The van der Waals surface area contributed by atoms with E-state index in [0.29, 0.717) is 12.1 Å². The summed E-state index contributed by atoms with van der Waals surface area (Å²) < 4.78 is 0. The smallest absolute Gasteiger partial charge is 0.0302 e. The second-order valence-corrected chi connectivity index (χ2v) is 5.10. The predicted octanol–water partition coefficient (Wildman–Crippen LogP) is 2.11. The van der Waals surface area contributed by atoms with Gasteiger partial charge in [0.2, 0.25) is 0 Å². The molecule has 0 atom stereocenters. The Bertz CT molecular complexity index is 250. The molecule has 1 aromatic rings. The molecule has 1 aromatic heterocycles. The first-order valence-electron chi connectivity index (χ1n) is 5.36.